The molecule has 5 heteroatoms. The zero-order valence-corrected chi connectivity index (χ0v) is 20.6. The van der Waals surface area contributed by atoms with Gasteiger partial charge in [-0.05, 0) is 60.8 Å². The van der Waals surface area contributed by atoms with Gasteiger partial charge >= 0.3 is 0 Å². The Morgan fingerprint density at radius 2 is 1.79 bits per heavy atom. The summed E-state index contributed by atoms with van der Waals surface area (Å²) in [5.74, 6) is -0.0864. The van der Waals surface area contributed by atoms with Crippen molar-refractivity contribution in [1.29, 1.82) is 0 Å². The van der Waals surface area contributed by atoms with Gasteiger partial charge in [0.25, 0.3) is 0 Å². The fourth-order valence-corrected chi connectivity index (χ4v) is 4.81. The van der Waals surface area contributed by atoms with Gasteiger partial charge < -0.3 is 14.2 Å². The Morgan fingerprint density at radius 1 is 1.03 bits per heavy atom. The number of benzene rings is 2. The first kappa shape index (κ1) is 24.3. The van der Waals surface area contributed by atoms with Crippen LogP contribution in [-0.4, -0.2) is 36.6 Å². The fourth-order valence-electron chi connectivity index (χ4n) is 4.49. The summed E-state index contributed by atoms with van der Waals surface area (Å²) in [6.45, 7) is 4.79. The Kier molecular flexibility index (Phi) is 7.78. The van der Waals surface area contributed by atoms with Crippen LogP contribution in [0.15, 0.2) is 78.9 Å². The van der Waals surface area contributed by atoms with Crippen LogP contribution in [0, 0.1) is 0 Å². The molecule has 1 aliphatic carbocycles. The van der Waals surface area contributed by atoms with E-state index in [0.717, 1.165) is 22.3 Å². The second-order valence-electron chi connectivity index (χ2n) is 8.81. The maximum Gasteiger partial charge on any atom is 0.163 e. The van der Waals surface area contributed by atoms with Crippen LogP contribution in [0.3, 0.4) is 0 Å². The summed E-state index contributed by atoms with van der Waals surface area (Å²) in [5, 5.41) is 0.699. The van der Waals surface area contributed by atoms with Crippen LogP contribution >= 0.6 is 23.2 Å². The van der Waals surface area contributed by atoms with Crippen molar-refractivity contribution >= 4 is 34.3 Å². The quantitative estimate of drug-likeness (QED) is 0.290. The van der Waals surface area contributed by atoms with Gasteiger partial charge in [-0.15, -0.1) is 11.6 Å². The lowest BCUT2D eigenvalue weighted by atomic mass is 9.78. The molecule has 4 rings (SSSR count). The Labute approximate surface area is 206 Å². The van der Waals surface area contributed by atoms with Gasteiger partial charge in [-0.1, -0.05) is 72.3 Å². The van der Waals surface area contributed by atoms with Crippen molar-refractivity contribution in [2.24, 2.45) is 0 Å². The highest BCUT2D eigenvalue weighted by atomic mass is 35.5. The minimum absolute atomic E-state index is 0.129. The van der Waals surface area contributed by atoms with E-state index in [0.29, 0.717) is 37.0 Å². The maximum absolute atomic E-state index is 6.77. The van der Waals surface area contributed by atoms with Crippen molar-refractivity contribution in [3.05, 3.63) is 95.1 Å². The average molecular weight is 485 g/mol. The maximum atomic E-state index is 6.77. The molecule has 2 aromatic carbocycles. The second kappa shape index (κ2) is 10.6. The molecule has 1 fully saturated rings. The SMILES string of the molecule is CC1(C)OCC(COC2(C(=C(CCCl)c3ccccc3)c3ccc(Cl)cc3)C=CC=CC2)O1. The molecule has 33 heavy (non-hydrogen) atoms. The van der Waals surface area contributed by atoms with Crippen LogP contribution in [0.1, 0.15) is 37.8 Å². The van der Waals surface area contributed by atoms with E-state index in [1.165, 1.54) is 0 Å². The minimum Gasteiger partial charge on any atom is -0.363 e. The van der Waals surface area contributed by atoms with Crippen LogP contribution < -0.4 is 0 Å². The third-order valence-corrected chi connectivity index (χ3v) is 6.39. The summed E-state index contributed by atoms with van der Waals surface area (Å²) in [7, 11) is 0. The first-order chi connectivity index (χ1) is 15.9. The third-order valence-electron chi connectivity index (χ3n) is 5.95. The van der Waals surface area contributed by atoms with Crippen LogP contribution in [-0.2, 0) is 14.2 Å². The van der Waals surface area contributed by atoms with Gasteiger partial charge in [0.05, 0.1) is 13.2 Å². The molecule has 2 aromatic rings. The van der Waals surface area contributed by atoms with Gasteiger partial charge in [0, 0.05) is 17.3 Å². The number of rotatable bonds is 8. The molecule has 2 unspecified atom stereocenters. The summed E-state index contributed by atoms with van der Waals surface area (Å²) >= 11 is 12.6. The molecular weight excluding hydrogens is 455 g/mol. The van der Waals surface area contributed by atoms with E-state index in [2.05, 4.69) is 60.7 Å². The number of ether oxygens (including phenoxy) is 3. The molecule has 1 heterocycles. The van der Waals surface area contributed by atoms with Crippen LogP contribution in [0.25, 0.3) is 11.1 Å². The van der Waals surface area contributed by atoms with Crippen molar-refractivity contribution in [3.63, 3.8) is 0 Å². The van der Waals surface area contributed by atoms with E-state index in [1.807, 2.05) is 32.0 Å². The van der Waals surface area contributed by atoms with Crippen molar-refractivity contribution < 1.29 is 14.2 Å². The molecule has 3 nitrogen and oxygen atoms in total. The summed E-state index contributed by atoms with van der Waals surface area (Å²) in [6.07, 6.45) is 9.70. The lowest BCUT2D eigenvalue weighted by Crippen LogP contribution is -2.37. The minimum atomic E-state index is -0.671. The molecule has 0 amide bonds. The van der Waals surface area contributed by atoms with E-state index in [9.17, 15) is 0 Å². The molecule has 174 valence electrons. The highest BCUT2D eigenvalue weighted by molar-refractivity contribution is 6.30. The van der Waals surface area contributed by atoms with Crippen molar-refractivity contribution in [1.82, 2.24) is 0 Å². The number of hydrogen-bond acceptors (Lipinski definition) is 3. The van der Waals surface area contributed by atoms with Gasteiger partial charge in [0.15, 0.2) is 5.79 Å². The molecule has 0 spiro atoms. The largest absolute Gasteiger partial charge is 0.363 e. The number of allylic oxidation sites excluding steroid dienone is 3. The molecule has 2 atom stereocenters. The Hall–Kier alpha value is -1.88. The highest BCUT2D eigenvalue weighted by Crippen LogP contribution is 2.44. The lowest BCUT2D eigenvalue weighted by molar-refractivity contribution is -0.148. The normalized spacial score (nSPS) is 24.7. The van der Waals surface area contributed by atoms with Crippen LogP contribution in [0.2, 0.25) is 5.02 Å². The van der Waals surface area contributed by atoms with Crippen molar-refractivity contribution in [2.75, 3.05) is 19.1 Å². The average Bonchev–Trinajstić information content (AvgIpc) is 3.18. The standard InChI is InChI=1S/C28H30Cl2O3/c1-27(2)31-19-24(33-27)20-32-28(16-7-4-8-17-28)26(22-11-13-23(30)14-12-22)25(15-18-29)21-9-5-3-6-10-21/h3-14,16,24H,15,17-20H2,1-2H3. The van der Waals surface area contributed by atoms with Crippen molar-refractivity contribution in [2.45, 2.75) is 44.2 Å². The smallest absolute Gasteiger partial charge is 0.163 e. The molecule has 1 saturated heterocycles. The van der Waals surface area contributed by atoms with Gasteiger partial charge in [-0.25, -0.2) is 0 Å². The number of alkyl halides is 1. The molecule has 0 aromatic heterocycles. The fraction of sp³-hybridized carbons (Fsp3) is 0.357. The number of hydrogen-bond donors (Lipinski definition) is 0. The molecule has 2 aliphatic rings. The van der Waals surface area contributed by atoms with Gasteiger partial charge in [0.2, 0.25) is 0 Å². The summed E-state index contributed by atoms with van der Waals surface area (Å²) in [4.78, 5) is 0. The van der Waals surface area contributed by atoms with Crippen LogP contribution in [0.4, 0.5) is 0 Å². The molecule has 0 bridgehead atoms. The Balaban J connectivity index is 1.83. The summed E-state index contributed by atoms with van der Waals surface area (Å²) < 4.78 is 18.6. The first-order valence-corrected chi connectivity index (χ1v) is 12.2. The predicted octanol–water partition coefficient (Wildman–Crippen LogP) is 7.30. The van der Waals surface area contributed by atoms with Gasteiger partial charge in [-0.3, -0.25) is 0 Å². The van der Waals surface area contributed by atoms with E-state index in [4.69, 9.17) is 37.4 Å². The molecule has 0 saturated carbocycles. The molecular formula is C28H30Cl2O3. The van der Waals surface area contributed by atoms with E-state index in [-0.39, 0.29) is 6.10 Å². The second-order valence-corrected chi connectivity index (χ2v) is 9.62. The first-order valence-electron chi connectivity index (χ1n) is 11.3. The van der Waals surface area contributed by atoms with E-state index >= 15 is 0 Å². The summed E-state index contributed by atoms with van der Waals surface area (Å²) in [6, 6.07) is 18.4. The van der Waals surface area contributed by atoms with E-state index < -0.39 is 11.4 Å². The van der Waals surface area contributed by atoms with Gasteiger partial charge in [0.1, 0.15) is 11.7 Å². The molecule has 0 N–H and O–H groups in total. The highest BCUT2D eigenvalue weighted by Gasteiger charge is 2.39. The molecule has 0 radical (unpaired) electrons. The third kappa shape index (κ3) is 5.79. The predicted molar refractivity (Wildman–Crippen MR) is 137 cm³/mol. The van der Waals surface area contributed by atoms with Gasteiger partial charge in [-0.2, -0.15) is 0 Å². The van der Waals surface area contributed by atoms with E-state index in [1.54, 1.807) is 0 Å². The van der Waals surface area contributed by atoms with Crippen LogP contribution in [0.5, 0.6) is 0 Å². The Bertz CT molecular complexity index is 1020. The lowest BCUT2D eigenvalue weighted by Gasteiger charge is -2.37. The number of halogens is 2. The zero-order valence-electron chi connectivity index (χ0n) is 19.1. The molecule has 1 aliphatic heterocycles. The Morgan fingerprint density at radius 3 is 2.39 bits per heavy atom. The topological polar surface area (TPSA) is 27.7 Å². The monoisotopic (exact) mass is 484 g/mol. The zero-order chi connectivity index (χ0) is 23.3. The summed E-state index contributed by atoms with van der Waals surface area (Å²) in [5.41, 5.74) is 3.79. The van der Waals surface area contributed by atoms with Crippen molar-refractivity contribution in [3.8, 4) is 0 Å².